The van der Waals surface area contributed by atoms with Gasteiger partial charge in [-0.3, -0.25) is 9.59 Å². The van der Waals surface area contributed by atoms with Crippen LogP contribution in [0.3, 0.4) is 0 Å². The van der Waals surface area contributed by atoms with Crippen LogP contribution in [0.1, 0.15) is 32.1 Å². The maximum Gasteiger partial charge on any atom is 0.233 e. The predicted molar refractivity (Wildman–Crippen MR) is 81.1 cm³/mol. The largest absolute Gasteiger partial charge is 0.486 e. The van der Waals surface area contributed by atoms with E-state index >= 15 is 0 Å². The lowest BCUT2D eigenvalue weighted by atomic mass is 10.2. The molecule has 6 nitrogen and oxygen atoms in total. The van der Waals surface area contributed by atoms with E-state index in [0.717, 1.165) is 25.7 Å². The molecule has 1 aliphatic carbocycles. The van der Waals surface area contributed by atoms with E-state index in [4.69, 9.17) is 9.47 Å². The van der Waals surface area contributed by atoms with Gasteiger partial charge in [-0.15, -0.1) is 0 Å². The SMILES string of the molecule is O=C(CC(=O)NC1CCCC1)Nc1ccc2c(c1)OCCO2. The van der Waals surface area contributed by atoms with E-state index in [1.807, 2.05) is 0 Å². The van der Waals surface area contributed by atoms with Gasteiger partial charge in [0.05, 0.1) is 0 Å². The van der Waals surface area contributed by atoms with Crippen molar-refractivity contribution in [2.45, 2.75) is 38.1 Å². The molecular weight excluding hydrogens is 284 g/mol. The second kappa shape index (κ2) is 6.68. The molecule has 3 rings (SSSR count). The summed E-state index contributed by atoms with van der Waals surface area (Å²) in [7, 11) is 0. The van der Waals surface area contributed by atoms with Gasteiger partial charge in [0.25, 0.3) is 0 Å². The Hall–Kier alpha value is -2.24. The monoisotopic (exact) mass is 304 g/mol. The molecule has 2 N–H and O–H groups in total. The fourth-order valence-electron chi connectivity index (χ4n) is 2.82. The Morgan fingerprint density at radius 1 is 1.05 bits per heavy atom. The predicted octanol–water partition coefficient (Wildman–Crippen LogP) is 1.85. The zero-order valence-corrected chi connectivity index (χ0v) is 12.4. The molecule has 1 aromatic carbocycles. The molecule has 2 amide bonds. The first kappa shape index (κ1) is 14.7. The molecule has 0 bridgehead atoms. The molecule has 0 radical (unpaired) electrons. The van der Waals surface area contributed by atoms with Crippen molar-refractivity contribution in [1.82, 2.24) is 5.32 Å². The highest BCUT2D eigenvalue weighted by Crippen LogP contribution is 2.32. The number of carbonyl (C=O) groups excluding carboxylic acids is 2. The maximum absolute atomic E-state index is 11.9. The fraction of sp³-hybridized carbons (Fsp3) is 0.500. The number of ether oxygens (including phenoxy) is 2. The third kappa shape index (κ3) is 3.69. The van der Waals surface area contributed by atoms with Gasteiger partial charge >= 0.3 is 0 Å². The Labute approximate surface area is 129 Å². The zero-order valence-electron chi connectivity index (χ0n) is 12.4. The Morgan fingerprint density at radius 2 is 1.77 bits per heavy atom. The van der Waals surface area contributed by atoms with Crippen molar-refractivity contribution < 1.29 is 19.1 Å². The second-order valence-electron chi connectivity index (χ2n) is 5.63. The van der Waals surface area contributed by atoms with Gasteiger partial charge in [0.15, 0.2) is 11.5 Å². The minimum absolute atomic E-state index is 0.162. The average molecular weight is 304 g/mol. The van der Waals surface area contributed by atoms with Crippen molar-refractivity contribution in [3.8, 4) is 11.5 Å². The highest BCUT2D eigenvalue weighted by molar-refractivity contribution is 6.03. The summed E-state index contributed by atoms with van der Waals surface area (Å²) in [6.07, 6.45) is 4.15. The molecule has 1 fully saturated rings. The van der Waals surface area contributed by atoms with Gasteiger partial charge in [-0.2, -0.15) is 0 Å². The molecule has 22 heavy (non-hydrogen) atoms. The Balaban J connectivity index is 1.51. The smallest absolute Gasteiger partial charge is 0.233 e. The first-order valence-corrected chi connectivity index (χ1v) is 7.69. The third-order valence-electron chi connectivity index (χ3n) is 3.87. The summed E-state index contributed by atoms with van der Waals surface area (Å²) in [5.41, 5.74) is 0.600. The van der Waals surface area contributed by atoms with Crippen LogP contribution in [0.15, 0.2) is 18.2 Å². The number of fused-ring (bicyclic) bond motifs is 1. The molecule has 1 saturated carbocycles. The minimum Gasteiger partial charge on any atom is -0.486 e. The molecular formula is C16H20N2O4. The zero-order chi connectivity index (χ0) is 15.4. The quantitative estimate of drug-likeness (QED) is 0.832. The molecule has 2 aliphatic rings. The summed E-state index contributed by atoms with van der Waals surface area (Å²) in [6, 6.07) is 5.43. The van der Waals surface area contributed by atoms with Crippen LogP contribution < -0.4 is 20.1 Å². The number of benzene rings is 1. The number of carbonyl (C=O) groups is 2. The van der Waals surface area contributed by atoms with Crippen LogP contribution in [0.5, 0.6) is 11.5 Å². The number of hydrogen-bond donors (Lipinski definition) is 2. The lowest BCUT2D eigenvalue weighted by Crippen LogP contribution is -2.35. The van der Waals surface area contributed by atoms with Crippen LogP contribution in [0, 0.1) is 0 Å². The number of hydrogen-bond acceptors (Lipinski definition) is 4. The number of anilines is 1. The van der Waals surface area contributed by atoms with Crippen molar-refractivity contribution in [2.24, 2.45) is 0 Å². The van der Waals surface area contributed by atoms with Gasteiger partial charge < -0.3 is 20.1 Å². The van der Waals surface area contributed by atoms with Crippen LogP contribution in [0.4, 0.5) is 5.69 Å². The summed E-state index contributed by atoms with van der Waals surface area (Å²) in [5.74, 6) is 0.733. The number of nitrogens with one attached hydrogen (secondary N) is 2. The molecule has 0 atom stereocenters. The number of rotatable bonds is 4. The summed E-state index contributed by atoms with van der Waals surface area (Å²) < 4.78 is 10.9. The van der Waals surface area contributed by atoms with E-state index in [9.17, 15) is 9.59 Å². The minimum atomic E-state index is -0.327. The summed E-state index contributed by atoms with van der Waals surface area (Å²) >= 11 is 0. The highest BCUT2D eigenvalue weighted by atomic mass is 16.6. The van der Waals surface area contributed by atoms with Crippen LogP contribution in [0.2, 0.25) is 0 Å². The van der Waals surface area contributed by atoms with Crippen molar-refractivity contribution >= 4 is 17.5 Å². The van der Waals surface area contributed by atoms with E-state index in [1.165, 1.54) is 0 Å². The van der Waals surface area contributed by atoms with Gasteiger partial charge in [0.1, 0.15) is 19.6 Å². The van der Waals surface area contributed by atoms with Gasteiger partial charge in [-0.1, -0.05) is 12.8 Å². The van der Waals surface area contributed by atoms with Gasteiger partial charge in [-0.25, -0.2) is 0 Å². The lowest BCUT2D eigenvalue weighted by molar-refractivity contribution is -0.127. The second-order valence-corrected chi connectivity index (χ2v) is 5.63. The standard InChI is InChI=1S/C16H20N2O4/c19-15(17-11-3-1-2-4-11)10-16(20)18-12-5-6-13-14(9-12)22-8-7-21-13/h5-6,9,11H,1-4,7-8,10H2,(H,17,19)(H,18,20). The molecule has 1 heterocycles. The van der Waals surface area contributed by atoms with Gasteiger partial charge in [0, 0.05) is 17.8 Å². The van der Waals surface area contributed by atoms with Gasteiger partial charge in [0.2, 0.25) is 11.8 Å². The molecule has 0 aromatic heterocycles. The van der Waals surface area contributed by atoms with E-state index in [2.05, 4.69) is 10.6 Å². The maximum atomic E-state index is 11.9. The van der Waals surface area contributed by atoms with Crippen molar-refractivity contribution in [3.63, 3.8) is 0 Å². The lowest BCUT2D eigenvalue weighted by Gasteiger charge is -2.19. The molecule has 0 saturated heterocycles. The summed E-state index contributed by atoms with van der Waals surface area (Å²) in [6.45, 7) is 1.02. The van der Waals surface area contributed by atoms with E-state index in [-0.39, 0.29) is 24.3 Å². The van der Waals surface area contributed by atoms with Crippen LogP contribution in [0.25, 0.3) is 0 Å². The molecule has 1 aromatic rings. The van der Waals surface area contributed by atoms with E-state index in [1.54, 1.807) is 18.2 Å². The molecule has 118 valence electrons. The average Bonchev–Trinajstić information content (AvgIpc) is 2.99. The Kier molecular flexibility index (Phi) is 4.46. The Morgan fingerprint density at radius 3 is 2.55 bits per heavy atom. The normalized spacial score (nSPS) is 17.1. The van der Waals surface area contributed by atoms with Crippen molar-refractivity contribution in [2.75, 3.05) is 18.5 Å². The first-order chi connectivity index (χ1) is 10.7. The van der Waals surface area contributed by atoms with Crippen LogP contribution in [-0.2, 0) is 9.59 Å². The molecule has 0 unspecified atom stereocenters. The molecule has 6 heteroatoms. The summed E-state index contributed by atoms with van der Waals surface area (Å²) in [5, 5.41) is 5.61. The van der Waals surface area contributed by atoms with E-state index in [0.29, 0.717) is 30.4 Å². The van der Waals surface area contributed by atoms with E-state index < -0.39 is 0 Å². The molecule has 1 aliphatic heterocycles. The van der Waals surface area contributed by atoms with Crippen LogP contribution in [-0.4, -0.2) is 31.1 Å². The van der Waals surface area contributed by atoms with Crippen molar-refractivity contribution in [3.05, 3.63) is 18.2 Å². The van der Waals surface area contributed by atoms with Crippen molar-refractivity contribution in [1.29, 1.82) is 0 Å². The number of amides is 2. The fourth-order valence-corrected chi connectivity index (χ4v) is 2.82. The first-order valence-electron chi connectivity index (χ1n) is 7.69. The third-order valence-corrected chi connectivity index (χ3v) is 3.87. The topological polar surface area (TPSA) is 76.7 Å². The summed E-state index contributed by atoms with van der Waals surface area (Å²) in [4.78, 5) is 23.7. The van der Waals surface area contributed by atoms with Gasteiger partial charge in [-0.05, 0) is 25.0 Å². The Bertz CT molecular complexity index is 567. The van der Waals surface area contributed by atoms with Crippen LogP contribution >= 0.6 is 0 Å². The highest BCUT2D eigenvalue weighted by Gasteiger charge is 2.19. The molecule has 0 spiro atoms.